The smallest absolute Gasteiger partial charge is 0.264 e. The Morgan fingerprint density at radius 1 is 1.00 bits per heavy atom. The van der Waals surface area contributed by atoms with Crippen LogP contribution in [0.5, 0.6) is 5.75 Å². The molecule has 1 amide bonds. The van der Waals surface area contributed by atoms with Crippen LogP contribution in [0.1, 0.15) is 24.1 Å². The lowest BCUT2D eigenvalue weighted by atomic mass is 10.1. The molecule has 0 saturated heterocycles. The Balaban J connectivity index is 1.63. The van der Waals surface area contributed by atoms with Gasteiger partial charge in [-0.25, -0.2) is 8.42 Å². The van der Waals surface area contributed by atoms with Gasteiger partial charge in [0.05, 0.1) is 23.2 Å². The summed E-state index contributed by atoms with van der Waals surface area (Å²) in [6.45, 7) is 3.67. The number of hydrogen-bond acceptors (Lipinski definition) is 4. The van der Waals surface area contributed by atoms with Crippen LogP contribution < -0.4 is 14.4 Å². The zero-order chi connectivity index (χ0) is 22.0. The third-order valence-electron chi connectivity index (χ3n) is 5.29. The Hall–Kier alpha value is -3.32. The summed E-state index contributed by atoms with van der Waals surface area (Å²) in [5.74, 6) is -0.00749. The molecule has 1 aliphatic heterocycles. The number of amides is 1. The Kier molecular flexibility index (Phi) is 5.69. The summed E-state index contributed by atoms with van der Waals surface area (Å²) in [5, 5.41) is 2.93. The Bertz CT molecular complexity index is 1180. The number of anilines is 1. The highest BCUT2D eigenvalue weighted by molar-refractivity contribution is 7.92. The van der Waals surface area contributed by atoms with Gasteiger partial charge < -0.3 is 10.1 Å². The number of nitrogens with one attached hydrogen (secondary N) is 1. The van der Waals surface area contributed by atoms with Gasteiger partial charge in [-0.15, -0.1) is 0 Å². The molecule has 0 spiro atoms. The zero-order valence-corrected chi connectivity index (χ0v) is 18.2. The van der Waals surface area contributed by atoms with Gasteiger partial charge in [-0.3, -0.25) is 9.10 Å². The highest BCUT2D eigenvalue weighted by Crippen LogP contribution is 2.37. The molecule has 160 valence electrons. The molecule has 7 heteroatoms. The van der Waals surface area contributed by atoms with Crippen LogP contribution in [0.3, 0.4) is 0 Å². The van der Waals surface area contributed by atoms with E-state index in [1.54, 1.807) is 48.5 Å². The van der Waals surface area contributed by atoms with Gasteiger partial charge in [-0.1, -0.05) is 60.2 Å². The fourth-order valence-corrected chi connectivity index (χ4v) is 5.01. The first-order chi connectivity index (χ1) is 14.9. The monoisotopic (exact) mass is 436 g/mol. The standard InChI is InChI=1S/C24H24N2O4S/c1-17-12-14-20(15-13-17)31(28,29)26-16-23(30-22-11-7-6-10-21(22)26)24(27)25-18(2)19-8-4-3-5-9-19/h3-15,18,23H,16H2,1-2H3,(H,25,27)/t18-,23+/m0/s1. The van der Waals surface area contributed by atoms with E-state index in [0.29, 0.717) is 11.4 Å². The summed E-state index contributed by atoms with van der Waals surface area (Å²) < 4.78 is 34.0. The molecule has 0 bridgehead atoms. The van der Waals surface area contributed by atoms with Crippen molar-refractivity contribution in [2.24, 2.45) is 0 Å². The topological polar surface area (TPSA) is 75.7 Å². The maximum absolute atomic E-state index is 13.4. The van der Waals surface area contributed by atoms with Crippen LogP contribution in [-0.4, -0.2) is 27.0 Å². The van der Waals surface area contributed by atoms with Crippen molar-refractivity contribution in [1.82, 2.24) is 5.32 Å². The quantitative estimate of drug-likeness (QED) is 0.660. The minimum Gasteiger partial charge on any atom is -0.476 e. The molecule has 3 aromatic carbocycles. The summed E-state index contributed by atoms with van der Waals surface area (Å²) in [5.41, 5.74) is 2.34. The van der Waals surface area contributed by atoms with Crippen LogP contribution in [0.2, 0.25) is 0 Å². The number of para-hydroxylation sites is 2. The van der Waals surface area contributed by atoms with Crippen molar-refractivity contribution in [3.8, 4) is 5.75 Å². The van der Waals surface area contributed by atoms with E-state index in [-0.39, 0.29) is 23.4 Å². The van der Waals surface area contributed by atoms with Crippen LogP contribution in [0, 0.1) is 6.92 Å². The second kappa shape index (κ2) is 8.43. The number of hydrogen-bond donors (Lipinski definition) is 1. The number of aryl methyl sites for hydroxylation is 1. The van der Waals surface area contributed by atoms with Crippen LogP contribution >= 0.6 is 0 Å². The summed E-state index contributed by atoms with van der Waals surface area (Å²) in [6.07, 6.45) is -0.971. The average molecular weight is 437 g/mol. The molecule has 0 aliphatic carbocycles. The molecule has 2 atom stereocenters. The van der Waals surface area contributed by atoms with Crippen molar-refractivity contribution in [2.45, 2.75) is 30.9 Å². The third-order valence-corrected chi connectivity index (χ3v) is 7.09. The number of rotatable bonds is 5. The van der Waals surface area contributed by atoms with Crippen molar-refractivity contribution in [3.05, 3.63) is 90.0 Å². The van der Waals surface area contributed by atoms with Crippen LogP contribution in [0.4, 0.5) is 5.69 Å². The van der Waals surface area contributed by atoms with E-state index in [4.69, 9.17) is 4.74 Å². The first kappa shape index (κ1) is 20.9. The molecule has 0 unspecified atom stereocenters. The summed E-state index contributed by atoms with van der Waals surface area (Å²) in [4.78, 5) is 13.2. The van der Waals surface area contributed by atoms with Gasteiger partial charge in [0, 0.05) is 0 Å². The Morgan fingerprint density at radius 2 is 1.65 bits per heavy atom. The second-order valence-corrected chi connectivity index (χ2v) is 9.43. The number of carbonyl (C=O) groups excluding carboxylic acids is 1. The number of carbonyl (C=O) groups is 1. The SMILES string of the molecule is Cc1ccc(S(=O)(=O)N2C[C@H](C(=O)N[C@@H](C)c3ccccc3)Oc3ccccc32)cc1. The van der Waals surface area contributed by atoms with Crippen LogP contribution in [0.15, 0.2) is 83.8 Å². The summed E-state index contributed by atoms with van der Waals surface area (Å²) in [7, 11) is -3.87. The fraction of sp³-hybridized carbons (Fsp3) is 0.208. The van der Waals surface area contributed by atoms with Crippen molar-refractivity contribution < 1.29 is 17.9 Å². The highest BCUT2D eigenvalue weighted by Gasteiger charge is 2.37. The number of benzene rings is 3. The predicted octanol–water partition coefficient (Wildman–Crippen LogP) is 3.83. The molecule has 31 heavy (non-hydrogen) atoms. The van der Waals surface area contributed by atoms with Crippen molar-refractivity contribution in [2.75, 3.05) is 10.8 Å². The van der Waals surface area contributed by atoms with Gasteiger partial charge in [0.2, 0.25) is 0 Å². The number of ether oxygens (including phenoxy) is 1. The lowest BCUT2D eigenvalue weighted by Gasteiger charge is -2.35. The number of fused-ring (bicyclic) bond motifs is 1. The Morgan fingerprint density at radius 3 is 2.35 bits per heavy atom. The fourth-order valence-electron chi connectivity index (χ4n) is 3.54. The van der Waals surface area contributed by atoms with Gasteiger partial charge in [-0.05, 0) is 43.7 Å². The van der Waals surface area contributed by atoms with Crippen molar-refractivity contribution >= 4 is 21.6 Å². The lowest BCUT2D eigenvalue weighted by Crippen LogP contribution is -2.51. The maximum atomic E-state index is 13.4. The van der Waals surface area contributed by atoms with Crippen molar-refractivity contribution in [1.29, 1.82) is 0 Å². The summed E-state index contributed by atoms with van der Waals surface area (Å²) >= 11 is 0. The molecular formula is C24H24N2O4S. The van der Waals surface area contributed by atoms with E-state index in [1.165, 1.54) is 4.31 Å². The van der Waals surface area contributed by atoms with Gasteiger partial charge in [-0.2, -0.15) is 0 Å². The normalized spacial score (nSPS) is 16.7. The molecule has 0 fully saturated rings. The zero-order valence-electron chi connectivity index (χ0n) is 17.4. The first-order valence-electron chi connectivity index (χ1n) is 10.1. The molecule has 0 radical (unpaired) electrons. The van der Waals surface area contributed by atoms with Gasteiger partial charge in [0.1, 0.15) is 5.75 Å². The molecule has 1 N–H and O–H groups in total. The molecule has 6 nitrogen and oxygen atoms in total. The third kappa shape index (κ3) is 4.27. The van der Waals surface area contributed by atoms with E-state index < -0.39 is 16.1 Å². The Labute approximate surface area is 182 Å². The predicted molar refractivity (Wildman–Crippen MR) is 120 cm³/mol. The maximum Gasteiger partial charge on any atom is 0.264 e. The molecular weight excluding hydrogens is 412 g/mol. The second-order valence-electron chi connectivity index (χ2n) is 7.56. The lowest BCUT2D eigenvalue weighted by molar-refractivity contribution is -0.128. The minimum absolute atomic E-state index is 0.111. The average Bonchev–Trinajstić information content (AvgIpc) is 2.79. The number of nitrogens with zero attached hydrogens (tertiary/aromatic N) is 1. The molecule has 1 aliphatic rings. The van der Waals surface area contributed by atoms with Crippen LogP contribution in [-0.2, 0) is 14.8 Å². The molecule has 0 aromatic heterocycles. The van der Waals surface area contributed by atoms with Gasteiger partial charge >= 0.3 is 0 Å². The molecule has 0 saturated carbocycles. The van der Waals surface area contributed by atoms with Gasteiger partial charge in [0.15, 0.2) is 6.10 Å². The molecule has 4 rings (SSSR count). The first-order valence-corrected chi connectivity index (χ1v) is 11.5. The van der Waals surface area contributed by atoms with E-state index in [0.717, 1.165) is 11.1 Å². The largest absolute Gasteiger partial charge is 0.476 e. The van der Waals surface area contributed by atoms with E-state index in [2.05, 4.69) is 5.32 Å². The van der Waals surface area contributed by atoms with E-state index in [9.17, 15) is 13.2 Å². The highest BCUT2D eigenvalue weighted by atomic mass is 32.2. The van der Waals surface area contributed by atoms with E-state index >= 15 is 0 Å². The molecule has 1 heterocycles. The van der Waals surface area contributed by atoms with E-state index in [1.807, 2.05) is 44.2 Å². The minimum atomic E-state index is -3.87. The number of sulfonamides is 1. The summed E-state index contributed by atoms with van der Waals surface area (Å²) in [6, 6.07) is 22.9. The molecule has 3 aromatic rings. The van der Waals surface area contributed by atoms with Crippen molar-refractivity contribution in [3.63, 3.8) is 0 Å². The van der Waals surface area contributed by atoms with Gasteiger partial charge in [0.25, 0.3) is 15.9 Å². The van der Waals surface area contributed by atoms with Crippen LogP contribution in [0.25, 0.3) is 0 Å².